The van der Waals surface area contributed by atoms with Crippen molar-refractivity contribution in [2.45, 2.75) is 57.4 Å². The van der Waals surface area contributed by atoms with Crippen LogP contribution in [0.3, 0.4) is 0 Å². The Kier molecular flexibility index (Phi) is 8.06. The largest absolute Gasteiger partial charge is 0.481 e. The van der Waals surface area contributed by atoms with Crippen LogP contribution in [0.4, 0.5) is 10.9 Å². The van der Waals surface area contributed by atoms with Crippen molar-refractivity contribution in [3.05, 3.63) is 42.6 Å². The fraction of sp³-hybridized carbons (Fsp3) is 0.467. The van der Waals surface area contributed by atoms with Crippen molar-refractivity contribution in [3.63, 3.8) is 0 Å². The van der Waals surface area contributed by atoms with Crippen LogP contribution in [-0.2, 0) is 19.1 Å². The molecule has 214 valence electrons. The number of pyridine rings is 1. The van der Waals surface area contributed by atoms with Gasteiger partial charge in [-0.3, -0.25) is 24.2 Å². The average molecular weight is 576 g/mol. The van der Waals surface area contributed by atoms with E-state index in [1.165, 1.54) is 11.5 Å². The molecule has 10 nitrogen and oxygen atoms in total. The van der Waals surface area contributed by atoms with Crippen molar-refractivity contribution >= 4 is 40.3 Å². The number of carbonyl (C=O) groups excluding carboxylic acids is 2. The Morgan fingerprint density at radius 3 is 2.54 bits per heavy atom. The Morgan fingerprint density at radius 2 is 1.88 bits per heavy atom. The van der Waals surface area contributed by atoms with E-state index in [1.54, 1.807) is 16.0 Å². The molecule has 2 aromatic heterocycles. The first-order valence-corrected chi connectivity index (χ1v) is 15.1. The highest BCUT2D eigenvalue weighted by molar-refractivity contribution is 7.10. The number of carboxylic acids is 1. The number of anilines is 2. The summed E-state index contributed by atoms with van der Waals surface area (Å²) < 4.78 is 10.1. The number of nitrogens with zero attached hydrogens (tertiary/aromatic N) is 5. The molecule has 0 radical (unpaired) electrons. The first kappa shape index (κ1) is 27.5. The molecule has 2 amide bonds. The van der Waals surface area contributed by atoms with Gasteiger partial charge in [-0.05, 0) is 62.1 Å². The van der Waals surface area contributed by atoms with Crippen LogP contribution in [0.2, 0.25) is 0 Å². The van der Waals surface area contributed by atoms with Crippen LogP contribution in [0.5, 0.6) is 0 Å². The van der Waals surface area contributed by atoms with E-state index in [-0.39, 0.29) is 30.2 Å². The molecule has 0 unspecified atom stereocenters. The van der Waals surface area contributed by atoms with Gasteiger partial charge in [0.1, 0.15) is 5.82 Å². The number of ether oxygens (including phenoxy) is 1. The van der Waals surface area contributed by atoms with E-state index in [4.69, 9.17) is 9.72 Å². The predicted molar refractivity (Wildman–Crippen MR) is 155 cm³/mol. The Hall–Kier alpha value is -3.70. The molecule has 1 aromatic carbocycles. The topological polar surface area (TPSA) is 126 Å². The maximum atomic E-state index is 13.9. The monoisotopic (exact) mass is 575 g/mol. The van der Waals surface area contributed by atoms with Gasteiger partial charge in [0.25, 0.3) is 0 Å². The molecular weight excluding hydrogens is 542 g/mol. The number of carbonyl (C=O) groups is 3. The SMILES string of the molecule is O=C(O)C[C@@H](CC1CCOCC1)C(=O)N(c1nc(-c2ccccc2-c2ccc(N3CCCC3=O)nc2)ns1)C1CC1. The van der Waals surface area contributed by atoms with E-state index in [9.17, 15) is 19.5 Å². The molecule has 41 heavy (non-hydrogen) atoms. The Morgan fingerprint density at radius 1 is 1.10 bits per heavy atom. The van der Waals surface area contributed by atoms with Gasteiger partial charge in [-0.2, -0.15) is 9.36 Å². The number of aromatic nitrogens is 3. The molecule has 2 aliphatic heterocycles. The highest BCUT2D eigenvalue weighted by Gasteiger charge is 2.40. The lowest BCUT2D eigenvalue weighted by atomic mass is 9.86. The number of rotatable bonds is 10. The van der Waals surface area contributed by atoms with E-state index < -0.39 is 11.9 Å². The van der Waals surface area contributed by atoms with Gasteiger partial charge in [0, 0.05) is 67.0 Å². The number of hydrogen-bond donors (Lipinski definition) is 1. The summed E-state index contributed by atoms with van der Waals surface area (Å²) in [6.07, 6.45) is 6.93. The van der Waals surface area contributed by atoms with Gasteiger partial charge in [0.05, 0.1) is 6.42 Å². The van der Waals surface area contributed by atoms with E-state index in [2.05, 4.69) is 9.36 Å². The van der Waals surface area contributed by atoms with Gasteiger partial charge in [-0.15, -0.1) is 0 Å². The second kappa shape index (κ2) is 12.0. The third-order valence-corrected chi connectivity index (χ3v) is 8.79. The fourth-order valence-electron chi connectivity index (χ4n) is 5.77. The molecule has 1 saturated carbocycles. The zero-order chi connectivity index (χ0) is 28.3. The quantitative estimate of drug-likeness (QED) is 0.366. The van der Waals surface area contributed by atoms with Crippen LogP contribution in [0.1, 0.15) is 51.4 Å². The molecule has 11 heteroatoms. The third-order valence-electron chi connectivity index (χ3n) is 8.08. The number of aliphatic carboxylic acids is 1. The van der Waals surface area contributed by atoms with Gasteiger partial charge < -0.3 is 9.84 Å². The van der Waals surface area contributed by atoms with Crippen molar-refractivity contribution in [2.75, 3.05) is 29.6 Å². The van der Waals surface area contributed by atoms with Crippen molar-refractivity contribution in [1.82, 2.24) is 14.3 Å². The lowest BCUT2D eigenvalue weighted by Gasteiger charge is -2.29. The summed E-state index contributed by atoms with van der Waals surface area (Å²) in [6, 6.07) is 11.6. The molecule has 3 aromatic rings. The van der Waals surface area contributed by atoms with Crippen LogP contribution in [0, 0.1) is 11.8 Å². The average Bonchev–Trinajstić information content (AvgIpc) is 3.53. The van der Waals surface area contributed by atoms with Crippen molar-refractivity contribution in [3.8, 4) is 22.5 Å². The number of amides is 2. The maximum Gasteiger partial charge on any atom is 0.304 e. The summed E-state index contributed by atoms with van der Waals surface area (Å²) in [7, 11) is 0. The van der Waals surface area contributed by atoms with Crippen LogP contribution >= 0.6 is 11.5 Å². The molecule has 3 fully saturated rings. The van der Waals surface area contributed by atoms with E-state index in [0.29, 0.717) is 49.4 Å². The Bertz CT molecular complexity index is 1420. The number of benzene rings is 1. The normalized spacial score (nSPS) is 18.4. The molecule has 1 aliphatic carbocycles. The minimum absolute atomic E-state index is 0.0227. The van der Waals surface area contributed by atoms with E-state index >= 15 is 0 Å². The van der Waals surface area contributed by atoms with Crippen LogP contribution in [0.25, 0.3) is 22.5 Å². The highest BCUT2D eigenvalue weighted by Crippen LogP contribution is 2.39. The van der Waals surface area contributed by atoms with Gasteiger partial charge in [-0.25, -0.2) is 4.98 Å². The number of hydrogen-bond acceptors (Lipinski definition) is 8. The molecule has 0 spiro atoms. The van der Waals surface area contributed by atoms with Gasteiger partial charge >= 0.3 is 5.97 Å². The van der Waals surface area contributed by atoms with Gasteiger partial charge in [-0.1, -0.05) is 24.3 Å². The van der Waals surface area contributed by atoms with Crippen molar-refractivity contribution in [2.24, 2.45) is 11.8 Å². The smallest absolute Gasteiger partial charge is 0.304 e. The zero-order valence-corrected chi connectivity index (χ0v) is 23.6. The summed E-state index contributed by atoms with van der Waals surface area (Å²) >= 11 is 1.17. The van der Waals surface area contributed by atoms with Crippen LogP contribution < -0.4 is 9.80 Å². The minimum atomic E-state index is -0.966. The molecular formula is C30H33N5O5S. The highest BCUT2D eigenvalue weighted by atomic mass is 32.1. The lowest BCUT2D eigenvalue weighted by molar-refractivity contribution is -0.141. The predicted octanol–water partition coefficient (Wildman–Crippen LogP) is 4.80. The van der Waals surface area contributed by atoms with Crippen molar-refractivity contribution < 1.29 is 24.2 Å². The molecule has 1 atom stereocenters. The molecule has 6 rings (SSSR count). The molecule has 1 N–H and O–H groups in total. The molecule has 2 saturated heterocycles. The van der Waals surface area contributed by atoms with Gasteiger partial charge in [0.15, 0.2) is 5.82 Å². The summed E-state index contributed by atoms with van der Waals surface area (Å²) in [5, 5.41) is 10.1. The van der Waals surface area contributed by atoms with E-state index in [0.717, 1.165) is 48.8 Å². The number of carboxylic acid groups (broad SMARTS) is 1. The summed E-state index contributed by atoms with van der Waals surface area (Å²) in [5.74, 6) is -0.213. The van der Waals surface area contributed by atoms with Crippen LogP contribution in [0.15, 0.2) is 42.6 Å². The summed E-state index contributed by atoms with van der Waals surface area (Å²) in [6.45, 7) is 1.99. The second-order valence-electron chi connectivity index (χ2n) is 11.0. The summed E-state index contributed by atoms with van der Waals surface area (Å²) in [4.78, 5) is 50.5. The fourth-order valence-corrected chi connectivity index (χ4v) is 6.54. The zero-order valence-electron chi connectivity index (χ0n) is 22.8. The molecule has 0 bridgehead atoms. The van der Waals surface area contributed by atoms with E-state index in [1.807, 2.05) is 36.4 Å². The van der Waals surface area contributed by atoms with Crippen molar-refractivity contribution in [1.29, 1.82) is 0 Å². The van der Waals surface area contributed by atoms with Crippen LogP contribution in [-0.4, -0.2) is 63.0 Å². The standard InChI is InChI=1S/C30H33N5O5S/c36-26-6-3-13-34(26)25-10-7-20(18-31-25)23-4-1-2-5-24(23)28-32-30(41-33-28)35(22-8-9-22)29(39)21(17-27(37)38)16-19-11-14-40-15-12-19/h1-2,4-5,7,10,18-19,21-22H,3,6,8-9,11-17H2,(H,37,38)/t21-/m1/s1. The minimum Gasteiger partial charge on any atom is -0.481 e. The first-order valence-electron chi connectivity index (χ1n) is 14.3. The second-order valence-corrected chi connectivity index (χ2v) is 11.8. The Labute approximate surface area is 242 Å². The Balaban J connectivity index is 1.25. The lowest BCUT2D eigenvalue weighted by Crippen LogP contribution is -2.40. The summed E-state index contributed by atoms with van der Waals surface area (Å²) in [5.41, 5.74) is 2.59. The third kappa shape index (κ3) is 6.15. The molecule has 4 heterocycles. The molecule has 3 aliphatic rings. The van der Waals surface area contributed by atoms with Gasteiger partial charge in [0.2, 0.25) is 16.9 Å². The maximum absolute atomic E-state index is 13.9. The first-order chi connectivity index (χ1) is 20.0.